The molecule has 0 aliphatic carbocycles. The van der Waals surface area contributed by atoms with E-state index >= 15 is 0 Å². The summed E-state index contributed by atoms with van der Waals surface area (Å²) in [4.78, 5) is 10.00. The first-order valence-electron chi connectivity index (χ1n) is 4.07. The van der Waals surface area contributed by atoms with Crippen LogP contribution < -0.4 is 0 Å². The molecule has 78 valence electrons. The lowest BCUT2D eigenvalue weighted by atomic mass is 10.0. The number of hydrogen-bond donors (Lipinski definition) is 2. The Hall–Kier alpha value is -0.710. The van der Waals surface area contributed by atoms with Crippen molar-refractivity contribution in [3.63, 3.8) is 0 Å². The second-order valence-corrected chi connectivity index (χ2v) is 3.42. The third-order valence-electron chi connectivity index (χ3n) is 1.72. The summed E-state index contributed by atoms with van der Waals surface area (Å²) in [7, 11) is 0. The van der Waals surface area contributed by atoms with Crippen LogP contribution in [-0.4, -0.2) is 28.2 Å². The van der Waals surface area contributed by atoms with Gasteiger partial charge in [0.2, 0.25) is 0 Å². The summed E-state index contributed by atoms with van der Waals surface area (Å²) in [6.45, 7) is 3.62. The van der Waals surface area contributed by atoms with Crippen molar-refractivity contribution in [1.29, 1.82) is 0 Å². The number of hydrogen-bond acceptors (Lipinski definition) is 2. The molecule has 3 nitrogen and oxygen atoms in total. The molecule has 0 aromatic rings. The zero-order chi connectivity index (χ0) is 10.6. The molecular formula is C8H14F2O3. The van der Waals surface area contributed by atoms with Crippen LogP contribution in [0.5, 0.6) is 0 Å². The lowest BCUT2D eigenvalue weighted by Crippen LogP contribution is -2.41. The van der Waals surface area contributed by atoms with Crippen LogP contribution in [0.4, 0.5) is 8.78 Å². The van der Waals surface area contributed by atoms with Crippen LogP contribution in [0, 0.1) is 5.92 Å². The van der Waals surface area contributed by atoms with Crippen LogP contribution in [0.2, 0.25) is 0 Å². The molecule has 0 aromatic carbocycles. The van der Waals surface area contributed by atoms with Crippen molar-refractivity contribution in [1.82, 2.24) is 0 Å². The Morgan fingerprint density at radius 2 is 1.85 bits per heavy atom. The van der Waals surface area contributed by atoms with Crippen molar-refractivity contribution < 1.29 is 23.8 Å². The Morgan fingerprint density at radius 1 is 1.38 bits per heavy atom. The molecule has 0 saturated carbocycles. The zero-order valence-corrected chi connectivity index (χ0v) is 7.63. The molecule has 2 N–H and O–H groups in total. The molecule has 0 heterocycles. The first-order chi connectivity index (χ1) is 5.78. The Labute approximate surface area is 75.4 Å². The van der Waals surface area contributed by atoms with E-state index in [2.05, 4.69) is 0 Å². The normalized spacial score (nSPS) is 14.6. The average Bonchev–Trinajstić information content (AvgIpc) is 1.99. The number of carboxylic acid groups (broad SMARTS) is 1. The van der Waals surface area contributed by atoms with E-state index in [1.54, 1.807) is 0 Å². The third kappa shape index (κ3) is 3.67. The Morgan fingerprint density at radius 3 is 2.15 bits per heavy atom. The molecule has 0 rings (SSSR count). The Bertz CT molecular complexity index is 180. The van der Waals surface area contributed by atoms with Gasteiger partial charge in [-0.15, -0.1) is 0 Å². The van der Waals surface area contributed by atoms with Gasteiger partial charge in [-0.05, 0) is 18.8 Å². The first kappa shape index (κ1) is 12.3. The second kappa shape index (κ2) is 4.50. The van der Waals surface area contributed by atoms with Crippen molar-refractivity contribution in [2.24, 2.45) is 5.92 Å². The molecule has 0 aliphatic heterocycles. The largest absolute Gasteiger partial charge is 0.477 e. The van der Waals surface area contributed by atoms with Gasteiger partial charge in [0, 0.05) is 0 Å². The van der Waals surface area contributed by atoms with Crippen LogP contribution in [0.3, 0.4) is 0 Å². The van der Waals surface area contributed by atoms with Gasteiger partial charge in [0.25, 0.3) is 0 Å². The number of aliphatic carboxylic acids is 1. The summed E-state index contributed by atoms with van der Waals surface area (Å²) < 4.78 is 25.1. The fourth-order valence-electron chi connectivity index (χ4n) is 0.815. The number of carboxylic acids is 1. The molecule has 1 atom stereocenters. The zero-order valence-electron chi connectivity index (χ0n) is 7.63. The summed E-state index contributed by atoms with van der Waals surface area (Å²) >= 11 is 0. The van der Waals surface area contributed by atoms with E-state index in [1.807, 2.05) is 13.8 Å². The summed E-state index contributed by atoms with van der Waals surface area (Å²) in [5.41, 5.74) is 0. The predicted octanol–water partition coefficient (Wildman–Crippen LogP) is 1.50. The topological polar surface area (TPSA) is 57.5 Å². The second-order valence-electron chi connectivity index (χ2n) is 3.42. The fourth-order valence-corrected chi connectivity index (χ4v) is 0.815. The summed E-state index contributed by atoms with van der Waals surface area (Å²) in [5, 5.41) is 16.9. The third-order valence-corrected chi connectivity index (χ3v) is 1.72. The van der Waals surface area contributed by atoms with Gasteiger partial charge >= 0.3 is 11.9 Å². The highest BCUT2D eigenvalue weighted by atomic mass is 19.3. The quantitative estimate of drug-likeness (QED) is 0.700. The van der Waals surface area contributed by atoms with Gasteiger partial charge in [-0.3, -0.25) is 0 Å². The van der Waals surface area contributed by atoms with Gasteiger partial charge < -0.3 is 10.2 Å². The van der Waals surface area contributed by atoms with Crippen LogP contribution in [0.1, 0.15) is 26.7 Å². The SMILES string of the molecule is CC(C)CCC(O)C(F)(F)C(=O)O. The number of halogens is 2. The molecule has 5 heteroatoms. The highest BCUT2D eigenvalue weighted by molar-refractivity contribution is 5.76. The number of aliphatic hydroxyl groups is 1. The van der Waals surface area contributed by atoms with Gasteiger partial charge in [-0.2, -0.15) is 8.78 Å². The summed E-state index contributed by atoms with van der Waals surface area (Å²) in [6, 6.07) is 0. The van der Waals surface area contributed by atoms with Crippen molar-refractivity contribution in [3.8, 4) is 0 Å². The summed E-state index contributed by atoms with van der Waals surface area (Å²) in [5.74, 6) is -6.14. The van der Waals surface area contributed by atoms with E-state index in [-0.39, 0.29) is 12.3 Å². The van der Waals surface area contributed by atoms with Crippen LogP contribution in [0.25, 0.3) is 0 Å². The van der Waals surface area contributed by atoms with E-state index in [4.69, 9.17) is 10.2 Å². The minimum absolute atomic E-state index is 0.166. The minimum Gasteiger partial charge on any atom is -0.477 e. The average molecular weight is 196 g/mol. The molecule has 13 heavy (non-hydrogen) atoms. The smallest absolute Gasteiger partial charge is 0.377 e. The number of carbonyl (C=O) groups is 1. The number of aliphatic hydroxyl groups excluding tert-OH is 1. The van der Waals surface area contributed by atoms with Crippen LogP contribution in [0.15, 0.2) is 0 Å². The maximum absolute atomic E-state index is 12.5. The van der Waals surface area contributed by atoms with Crippen molar-refractivity contribution in [2.45, 2.75) is 38.7 Å². The number of rotatable bonds is 5. The van der Waals surface area contributed by atoms with Gasteiger partial charge in [0.1, 0.15) is 6.10 Å². The van der Waals surface area contributed by atoms with Gasteiger partial charge in [-0.25, -0.2) is 4.79 Å². The Kier molecular flexibility index (Phi) is 4.26. The fraction of sp³-hybridized carbons (Fsp3) is 0.875. The van der Waals surface area contributed by atoms with E-state index < -0.39 is 18.0 Å². The maximum Gasteiger partial charge on any atom is 0.377 e. The molecule has 1 unspecified atom stereocenters. The molecule has 0 spiro atoms. The Balaban J connectivity index is 4.09. The maximum atomic E-state index is 12.5. The lowest BCUT2D eigenvalue weighted by molar-refractivity contribution is -0.182. The van der Waals surface area contributed by atoms with Crippen LogP contribution in [-0.2, 0) is 4.79 Å². The van der Waals surface area contributed by atoms with Crippen molar-refractivity contribution in [2.75, 3.05) is 0 Å². The molecular weight excluding hydrogens is 182 g/mol. The minimum atomic E-state index is -4.03. The lowest BCUT2D eigenvalue weighted by Gasteiger charge is -2.18. The van der Waals surface area contributed by atoms with E-state index in [1.165, 1.54) is 0 Å². The molecule has 0 bridgehead atoms. The van der Waals surface area contributed by atoms with Gasteiger partial charge in [-0.1, -0.05) is 13.8 Å². The van der Waals surface area contributed by atoms with E-state index in [9.17, 15) is 13.6 Å². The molecule has 0 radical (unpaired) electrons. The van der Waals surface area contributed by atoms with E-state index in [0.717, 1.165) is 0 Å². The summed E-state index contributed by atoms with van der Waals surface area (Å²) in [6.07, 6.45) is -1.91. The monoisotopic (exact) mass is 196 g/mol. The molecule has 0 aliphatic rings. The van der Waals surface area contributed by atoms with Crippen molar-refractivity contribution in [3.05, 3.63) is 0 Å². The first-order valence-corrected chi connectivity index (χ1v) is 4.07. The van der Waals surface area contributed by atoms with E-state index in [0.29, 0.717) is 6.42 Å². The molecule has 0 fully saturated rings. The molecule has 0 aromatic heterocycles. The molecule has 0 saturated heterocycles. The highest BCUT2D eigenvalue weighted by Crippen LogP contribution is 2.23. The van der Waals surface area contributed by atoms with Gasteiger partial charge in [0.15, 0.2) is 0 Å². The predicted molar refractivity (Wildman–Crippen MR) is 42.7 cm³/mol. The highest BCUT2D eigenvalue weighted by Gasteiger charge is 2.46. The van der Waals surface area contributed by atoms with Gasteiger partial charge in [0.05, 0.1) is 0 Å². The standard InChI is InChI=1S/C8H14F2O3/c1-5(2)3-4-6(11)8(9,10)7(12)13/h5-6,11H,3-4H2,1-2H3,(H,12,13). The molecule has 0 amide bonds. The van der Waals surface area contributed by atoms with Crippen LogP contribution >= 0.6 is 0 Å². The number of alkyl halides is 2. The van der Waals surface area contributed by atoms with Crippen molar-refractivity contribution >= 4 is 5.97 Å².